The number of nitrogens with zero attached hydrogens (tertiary/aromatic N) is 2. The van der Waals surface area contributed by atoms with Crippen LogP contribution in [0.1, 0.15) is 56.5 Å². The Bertz CT molecular complexity index is 1480. The van der Waals surface area contributed by atoms with Crippen LogP contribution in [0.2, 0.25) is 0 Å². The van der Waals surface area contributed by atoms with Crippen LogP contribution in [-0.2, 0) is 15.6 Å². The molecule has 1 aromatic carbocycles. The second-order valence-corrected chi connectivity index (χ2v) is 11.5. The minimum atomic E-state index is -1.27. The molecule has 34 heavy (non-hydrogen) atoms. The van der Waals surface area contributed by atoms with Gasteiger partial charge in [-0.15, -0.1) is 11.3 Å². The highest BCUT2D eigenvalue weighted by atomic mass is 32.1. The molecule has 1 N–H and O–H groups in total. The maximum Gasteiger partial charge on any atom is 0.345 e. The third kappa shape index (κ3) is 3.45. The van der Waals surface area contributed by atoms with Crippen LogP contribution in [0.25, 0.3) is 32.3 Å². The average Bonchev–Trinajstić information content (AvgIpc) is 3.23. The van der Waals surface area contributed by atoms with Crippen molar-refractivity contribution < 1.29 is 14.3 Å². The lowest BCUT2D eigenvalue weighted by Gasteiger charge is -2.48. The van der Waals surface area contributed by atoms with E-state index >= 15 is 0 Å². The van der Waals surface area contributed by atoms with Crippen molar-refractivity contribution in [2.75, 3.05) is 18.0 Å². The molecule has 0 fully saturated rings. The number of thiophene rings is 1. The van der Waals surface area contributed by atoms with E-state index in [0.29, 0.717) is 20.9 Å². The van der Waals surface area contributed by atoms with Crippen LogP contribution in [0, 0.1) is 6.57 Å². The molecule has 0 spiro atoms. The third-order valence-corrected chi connectivity index (χ3v) is 8.31. The quantitative estimate of drug-likeness (QED) is 0.285. The van der Waals surface area contributed by atoms with Crippen LogP contribution >= 0.6 is 11.3 Å². The smallest absolute Gasteiger partial charge is 0.345 e. The summed E-state index contributed by atoms with van der Waals surface area (Å²) >= 11 is 1.27. The number of aliphatic carboxylic acids is 1. The number of hydrogen-bond acceptors (Lipinski definition) is 5. The van der Waals surface area contributed by atoms with Gasteiger partial charge >= 0.3 is 11.6 Å². The van der Waals surface area contributed by atoms with Crippen molar-refractivity contribution in [1.29, 1.82) is 0 Å². The van der Waals surface area contributed by atoms with E-state index in [4.69, 9.17) is 16.1 Å². The first-order chi connectivity index (χ1) is 16.0. The topological polar surface area (TPSA) is 75.1 Å². The summed E-state index contributed by atoms with van der Waals surface area (Å²) < 4.78 is 6.04. The molecule has 6 nitrogen and oxygen atoms in total. The Morgan fingerprint density at radius 2 is 1.88 bits per heavy atom. The molecular weight excluding hydrogens is 448 g/mol. The summed E-state index contributed by atoms with van der Waals surface area (Å²) in [4.78, 5) is 31.1. The predicted octanol–water partition coefficient (Wildman–Crippen LogP) is 6.04. The Hall–Kier alpha value is -3.37. The van der Waals surface area contributed by atoms with E-state index in [2.05, 4.69) is 43.5 Å². The summed E-state index contributed by atoms with van der Waals surface area (Å²) in [6, 6.07) is 7.59. The van der Waals surface area contributed by atoms with Crippen LogP contribution in [0.4, 0.5) is 5.69 Å². The zero-order valence-electron chi connectivity index (χ0n) is 19.7. The largest absolute Gasteiger partial charge is 0.486 e. The molecule has 7 heteroatoms. The number of fused-ring (bicyclic) bond motifs is 2. The first-order valence-corrected chi connectivity index (χ1v) is 12.2. The van der Waals surface area contributed by atoms with Gasteiger partial charge < -0.3 is 14.4 Å². The van der Waals surface area contributed by atoms with Gasteiger partial charge in [0.05, 0.1) is 12.1 Å². The highest BCUT2D eigenvalue weighted by Gasteiger charge is 2.42. The summed E-state index contributed by atoms with van der Waals surface area (Å²) in [7, 11) is 0. The van der Waals surface area contributed by atoms with Gasteiger partial charge in [-0.3, -0.25) is 4.79 Å². The van der Waals surface area contributed by atoms with Crippen LogP contribution in [0.5, 0.6) is 0 Å². The van der Waals surface area contributed by atoms with Gasteiger partial charge in [0.15, 0.2) is 0 Å². The Labute approximate surface area is 202 Å². The van der Waals surface area contributed by atoms with Crippen molar-refractivity contribution in [2.24, 2.45) is 0 Å². The summed E-state index contributed by atoms with van der Waals surface area (Å²) in [6.45, 7) is 18.1. The molecule has 5 rings (SSSR count). The van der Waals surface area contributed by atoms with E-state index in [1.54, 1.807) is 12.1 Å². The number of carboxylic acids is 1. The Balaban J connectivity index is 1.73. The van der Waals surface area contributed by atoms with E-state index in [1.807, 2.05) is 6.07 Å². The fraction of sp³-hybridized carbons (Fsp3) is 0.370. The van der Waals surface area contributed by atoms with Crippen molar-refractivity contribution in [3.05, 3.63) is 67.8 Å². The zero-order chi connectivity index (χ0) is 24.4. The van der Waals surface area contributed by atoms with E-state index in [-0.39, 0.29) is 16.5 Å². The van der Waals surface area contributed by atoms with E-state index < -0.39 is 11.6 Å². The molecule has 0 aliphatic carbocycles. The van der Waals surface area contributed by atoms with Gasteiger partial charge in [0.25, 0.3) is 5.70 Å². The Morgan fingerprint density at radius 1 is 1.18 bits per heavy atom. The molecule has 3 aromatic rings. The van der Waals surface area contributed by atoms with Gasteiger partial charge in [-0.2, -0.15) is 0 Å². The molecule has 0 radical (unpaired) electrons. The summed E-state index contributed by atoms with van der Waals surface area (Å²) in [5.41, 5.74) is 3.91. The fourth-order valence-corrected chi connectivity index (χ4v) is 6.12. The van der Waals surface area contributed by atoms with Gasteiger partial charge in [0, 0.05) is 39.5 Å². The molecule has 0 saturated heterocycles. The van der Waals surface area contributed by atoms with E-state index in [9.17, 15) is 9.59 Å². The SMILES string of the molecule is [C-]#[N+]/C(=C\c1ccc(-c2cc3cc4c5c(c3oc2=O)C(C)(C)CCN5CCC4(C)C)s1)C(=O)O. The minimum Gasteiger partial charge on any atom is -0.486 e. The first kappa shape index (κ1) is 22.4. The lowest BCUT2D eigenvalue weighted by atomic mass is 9.69. The van der Waals surface area contributed by atoms with Gasteiger partial charge in [0.2, 0.25) is 0 Å². The average molecular weight is 475 g/mol. The van der Waals surface area contributed by atoms with Crippen molar-refractivity contribution in [2.45, 2.75) is 51.4 Å². The van der Waals surface area contributed by atoms with Crippen LogP contribution < -0.4 is 10.5 Å². The second kappa shape index (κ2) is 7.57. The lowest BCUT2D eigenvalue weighted by Crippen LogP contribution is -2.44. The normalized spacial score (nSPS) is 18.4. The fourth-order valence-electron chi connectivity index (χ4n) is 5.17. The molecule has 2 aliphatic heterocycles. The summed E-state index contributed by atoms with van der Waals surface area (Å²) in [6.07, 6.45) is 3.40. The van der Waals surface area contributed by atoms with E-state index in [0.717, 1.165) is 36.9 Å². The minimum absolute atomic E-state index is 0.0202. The molecule has 0 unspecified atom stereocenters. The number of rotatable bonds is 3. The number of benzene rings is 1. The van der Waals surface area contributed by atoms with Crippen molar-refractivity contribution in [3.63, 3.8) is 0 Å². The van der Waals surface area contributed by atoms with Crippen molar-refractivity contribution >= 4 is 40.0 Å². The maximum absolute atomic E-state index is 13.2. The second-order valence-electron chi connectivity index (χ2n) is 10.4. The maximum atomic E-state index is 13.2. The van der Waals surface area contributed by atoms with Gasteiger partial charge in [-0.1, -0.05) is 27.7 Å². The molecule has 0 bridgehead atoms. The monoisotopic (exact) mass is 474 g/mol. The molecule has 2 aromatic heterocycles. The van der Waals surface area contributed by atoms with E-state index in [1.165, 1.54) is 28.7 Å². The molecule has 0 amide bonds. The Morgan fingerprint density at radius 3 is 2.56 bits per heavy atom. The first-order valence-electron chi connectivity index (χ1n) is 11.4. The third-order valence-electron chi connectivity index (χ3n) is 7.24. The Kier molecular flexibility index (Phi) is 4.99. The van der Waals surface area contributed by atoms with Gasteiger partial charge in [-0.25, -0.2) is 9.64 Å². The van der Waals surface area contributed by atoms with Crippen molar-refractivity contribution in [3.8, 4) is 10.4 Å². The number of carbonyl (C=O) groups is 1. The lowest BCUT2D eigenvalue weighted by molar-refractivity contribution is -0.132. The number of hydrogen-bond donors (Lipinski definition) is 1. The molecule has 0 atom stereocenters. The zero-order valence-corrected chi connectivity index (χ0v) is 20.5. The predicted molar refractivity (Wildman–Crippen MR) is 136 cm³/mol. The van der Waals surface area contributed by atoms with Crippen molar-refractivity contribution in [1.82, 2.24) is 0 Å². The molecule has 0 saturated carbocycles. The molecule has 174 valence electrons. The van der Waals surface area contributed by atoms with Gasteiger partial charge in [-0.05, 0) is 59.6 Å². The highest BCUT2D eigenvalue weighted by Crippen LogP contribution is 2.51. The van der Waals surface area contributed by atoms with Crippen LogP contribution in [0.3, 0.4) is 0 Å². The molecule has 2 aliphatic rings. The highest BCUT2D eigenvalue weighted by molar-refractivity contribution is 7.16. The summed E-state index contributed by atoms with van der Waals surface area (Å²) in [5, 5.41) is 10.0. The number of carboxylic acid groups (broad SMARTS) is 1. The van der Waals surface area contributed by atoms with Crippen LogP contribution in [0.15, 0.2) is 39.2 Å². The number of anilines is 1. The molecule has 4 heterocycles. The van der Waals surface area contributed by atoms with Gasteiger partial charge in [0.1, 0.15) is 5.58 Å². The van der Waals surface area contributed by atoms with Crippen LogP contribution in [-0.4, -0.2) is 24.2 Å². The summed E-state index contributed by atoms with van der Waals surface area (Å²) in [5.74, 6) is -1.27. The standard InChI is InChI=1S/C27H26N2O4S/c1-26(2)8-10-29-11-9-27(3,4)21-22(29)18(26)13-15-12-17(25(32)33-23(15)21)20-7-6-16(34-20)14-19(28-5)24(30)31/h6-7,12-14H,8-11H2,1-4H3,(H,30,31)/b19-14-. The molecular formula is C27H26N2O4S.